The van der Waals surface area contributed by atoms with Gasteiger partial charge >= 0.3 is 12.2 Å². The van der Waals surface area contributed by atoms with Crippen LogP contribution in [0.3, 0.4) is 0 Å². The van der Waals surface area contributed by atoms with E-state index >= 15 is 0 Å². The molecule has 0 aromatic carbocycles. The smallest absolute Gasteiger partial charge is 0.412 e. The summed E-state index contributed by atoms with van der Waals surface area (Å²) in [6.07, 6.45) is 1.60. The van der Waals surface area contributed by atoms with Crippen LogP contribution in [-0.2, 0) is 20.7 Å². The number of hydrogen-bond donors (Lipinski definition) is 1. The SMILES string of the molecule is CC(C)(C)OC(=O)Nc1ccnc(Cl)c1CC(=O)C1CCN(C(=O)OC(C)(C)C)CC1. The number of hydrogen-bond acceptors (Lipinski definition) is 6. The van der Waals surface area contributed by atoms with Crippen LogP contribution < -0.4 is 5.32 Å². The third-order valence-corrected chi connectivity index (χ3v) is 4.92. The first-order chi connectivity index (χ1) is 14.2. The van der Waals surface area contributed by atoms with Crippen molar-refractivity contribution < 1.29 is 23.9 Å². The molecule has 9 heteroatoms. The minimum Gasteiger partial charge on any atom is -0.444 e. The molecule has 1 saturated heterocycles. The van der Waals surface area contributed by atoms with Crippen LogP contribution in [-0.4, -0.2) is 52.1 Å². The zero-order valence-corrected chi connectivity index (χ0v) is 19.8. The highest BCUT2D eigenvalue weighted by atomic mass is 35.5. The average molecular weight is 454 g/mol. The molecule has 2 rings (SSSR count). The number of aromatic nitrogens is 1. The summed E-state index contributed by atoms with van der Waals surface area (Å²) in [5.74, 6) is -0.213. The van der Waals surface area contributed by atoms with Gasteiger partial charge in [-0.05, 0) is 60.5 Å². The number of rotatable bonds is 4. The first-order valence-corrected chi connectivity index (χ1v) is 10.8. The van der Waals surface area contributed by atoms with Crippen LogP contribution in [0.15, 0.2) is 12.3 Å². The number of ketones is 1. The Labute approximate surface area is 188 Å². The van der Waals surface area contributed by atoms with Crippen molar-refractivity contribution in [1.82, 2.24) is 9.88 Å². The van der Waals surface area contributed by atoms with E-state index in [1.54, 1.807) is 31.7 Å². The van der Waals surface area contributed by atoms with Gasteiger partial charge < -0.3 is 14.4 Å². The van der Waals surface area contributed by atoms with E-state index in [0.717, 1.165) is 0 Å². The van der Waals surface area contributed by atoms with Gasteiger partial charge in [-0.15, -0.1) is 0 Å². The number of nitrogens with one attached hydrogen (secondary N) is 1. The number of likely N-dealkylation sites (tertiary alicyclic amines) is 1. The number of nitrogens with zero attached hydrogens (tertiary/aromatic N) is 2. The lowest BCUT2D eigenvalue weighted by atomic mass is 9.89. The lowest BCUT2D eigenvalue weighted by Gasteiger charge is -2.33. The van der Waals surface area contributed by atoms with Crippen LogP contribution in [0.2, 0.25) is 5.15 Å². The van der Waals surface area contributed by atoms with E-state index in [0.29, 0.717) is 37.2 Å². The summed E-state index contributed by atoms with van der Waals surface area (Å²) in [4.78, 5) is 43.0. The van der Waals surface area contributed by atoms with Gasteiger partial charge in [-0.1, -0.05) is 11.6 Å². The number of ether oxygens (including phenoxy) is 2. The number of amides is 2. The van der Waals surface area contributed by atoms with Gasteiger partial charge in [-0.25, -0.2) is 14.6 Å². The molecule has 1 aliphatic rings. The highest BCUT2D eigenvalue weighted by Crippen LogP contribution is 2.27. The van der Waals surface area contributed by atoms with Crippen molar-refractivity contribution in [2.24, 2.45) is 5.92 Å². The molecule has 2 amide bonds. The van der Waals surface area contributed by atoms with Crippen LogP contribution in [0, 0.1) is 5.92 Å². The second-order valence-corrected chi connectivity index (χ2v) is 10.00. The van der Waals surface area contributed by atoms with Crippen molar-refractivity contribution in [3.05, 3.63) is 23.0 Å². The molecule has 172 valence electrons. The molecule has 0 aliphatic carbocycles. The maximum atomic E-state index is 12.9. The largest absolute Gasteiger partial charge is 0.444 e. The molecule has 0 spiro atoms. The molecule has 0 unspecified atom stereocenters. The molecule has 1 aromatic rings. The van der Waals surface area contributed by atoms with E-state index in [1.807, 2.05) is 20.8 Å². The highest BCUT2D eigenvalue weighted by molar-refractivity contribution is 6.30. The molecule has 1 N–H and O–H groups in total. The zero-order chi connectivity index (χ0) is 23.4. The highest BCUT2D eigenvalue weighted by Gasteiger charge is 2.30. The Morgan fingerprint density at radius 2 is 1.68 bits per heavy atom. The van der Waals surface area contributed by atoms with Crippen molar-refractivity contribution in [3.63, 3.8) is 0 Å². The van der Waals surface area contributed by atoms with Crippen LogP contribution in [0.4, 0.5) is 15.3 Å². The standard InChI is InChI=1S/C22H32ClN3O5/c1-21(2,3)30-19(28)25-16-7-10-24-18(23)15(16)13-17(27)14-8-11-26(12-9-14)20(29)31-22(4,5)6/h7,10,14H,8-9,11-13H2,1-6H3,(H,24,25,28). The van der Waals surface area contributed by atoms with Gasteiger partial charge in [0.2, 0.25) is 0 Å². The van der Waals surface area contributed by atoms with E-state index in [1.165, 1.54) is 6.20 Å². The molecule has 1 fully saturated rings. The van der Waals surface area contributed by atoms with Crippen molar-refractivity contribution in [2.75, 3.05) is 18.4 Å². The molecule has 0 radical (unpaired) electrons. The predicted octanol–water partition coefficient (Wildman–Crippen LogP) is 4.84. The summed E-state index contributed by atoms with van der Waals surface area (Å²) < 4.78 is 10.7. The lowest BCUT2D eigenvalue weighted by Crippen LogP contribution is -2.43. The molecule has 0 atom stereocenters. The lowest BCUT2D eigenvalue weighted by molar-refractivity contribution is -0.123. The second kappa shape index (κ2) is 9.85. The maximum Gasteiger partial charge on any atom is 0.412 e. The quantitative estimate of drug-likeness (QED) is 0.655. The van der Waals surface area contributed by atoms with Crippen molar-refractivity contribution >= 4 is 35.3 Å². The van der Waals surface area contributed by atoms with E-state index in [2.05, 4.69) is 10.3 Å². The fraction of sp³-hybridized carbons (Fsp3) is 0.636. The number of carbonyl (C=O) groups is 3. The van der Waals surface area contributed by atoms with Crippen molar-refractivity contribution in [1.29, 1.82) is 0 Å². The Balaban J connectivity index is 2.00. The summed E-state index contributed by atoms with van der Waals surface area (Å²) in [6, 6.07) is 1.59. The Morgan fingerprint density at radius 1 is 1.10 bits per heavy atom. The summed E-state index contributed by atoms with van der Waals surface area (Å²) in [6.45, 7) is 11.7. The second-order valence-electron chi connectivity index (χ2n) is 9.64. The fourth-order valence-electron chi connectivity index (χ4n) is 3.19. The van der Waals surface area contributed by atoms with Crippen LogP contribution >= 0.6 is 11.6 Å². The van der Waals surface area contributed by atoms with Gasteiger partial charge in [0.25, 0.3) is 0 Å². The molecule has 1 aliphatic heterocycles. The van der Waals surface area contributed by atoms with E-state index < -0.39 is 17.3 Å². The third-order valence-electron chi connectivity index (χ3n) is 4.59. The van der Waals surface area contributed by atoms with Gasteiger partial charge in [0.05, 0.1) is 5.69 Å². The predicted molar refractivity (Wildman–Crippen MR) is 118 cm³/mol. The van der Waals surface area contributed by atoms with Gasteiger partial charge in [-0.3, -0.25) is 10.1 Å². The third kappa shape index (κ3) is 8.01. The average Bonchev–Trinajstić information content (AvgIpc) is 2.61. The van der Waals surface area contributed by atoms with Crippen LogP contribution in [0.1, 0.15) is 59.9 Å². The van der Waals surface area contributed by atoms with Gasteiger partial charge in [0.1, 0.15) is 22.1 Å². The minimum absolute atomic E-state index is 0.00835. The first-order valence-electron chi connectivity index (χ1n) is 10.4. The van der Waals surface area contributed by atoms with E-state index in [-0.39, 0.29) is 29.4 Å². The number of Topliss-reactive ketones (excluding diaryl/α,β-unsaturated/α-hetero) is 1. The molecule has 0 bridgehead atoms. The maximum absolute atomic E-state index is 12.9. The van der Waals surface area contributed by atoms with Gasteiger partial charge in [0.15, 0.2) is 0 Å². The molecular formula is C22H32ClN3O5. The molecule has 8 nitrogen and oxygen atoms in total. The number of pyridine rings is 1. The number of anilines is 1. The molecule has 0 saturated carbocycles. The monoisotopic (exact) mass is 453 g/mol. The van der Waals surface area contributed by atoms with Crippen molar-refractivity contribution in [3.8, 4) is 0 Å². The Morgan fingerprint density at radius 3 is 2.23 bits per heavy atom. The Bertz CT molecular complexity index is 821. The Hall–Kier alpha value is -2.35. The van der Waals surface area contributed by atoms with E-state index in [4.69, 9.17) is 21.1 Å². The number of halogens is 1. The Kier molecular flexibility index (Phi) is 7.92. The molecule has 31 heavy (non-hydrogen) atoms. The van der Waals surface area contributed by atoms with Gasteiger partial charge in [0, 0.05) is 37.2 Å². The first kappa shape index (κ1) is 24.9. The zero-order valence-electron chi connectivity index (χ0n) is 19.1. The minimum atomic E-state index is -0.654. The normalized spacial score (nSPS) is 15.4. The van der Waals surface area contributed by atoms with Crippen LogP contribution in [0.5, 0.6) is 0 Å². The fourth-order valence-corrected chi connectivity index (χ4v) is 3.42. The molecule has 1 aromatic heterocycles. The molecule has 2 heterocycles. The number of carbonyl (C=O) groups excluding carboxylic acids is 3. The van der Waals surface area contributed by atoms with E-state index in [9.17, 15) is 14.4 Å². The van der Waals surface area contributed by atoms with Gasteiger partial charge in [-0.2, -0.15) is 0 Å². The summed E-state index contributed by atoms with van der Waals surface area (Å²) >= 11 is 6.23. The van der Waals surface area contributed by atoms with Crippen molar-refractivity contribution in [2.45, 2.75) is 72.0 Å². The molecular weight excluding hydrogens is 422 g/mol. The summed E-state index contributed by atoms with van der Waals surface area (Å²) in [5.41, 5.74) is -0.361. The van der Waals surface area contributed by atoms with Crippen LogP contribution in [0.25, 0.3) is 0 Å². The number of piperidine rings is 1. The summed E-state index contributed by atoms with van der Waals surface area (Å²) in [5, 5.41) is 2.81. The topological polar surface area (TPSA) is 97.8 Å². The summed E-state index contributed by atoms with van der Waals surface area (Å²) in [7, 11) is 0.